The molecule has 2 unspecified atom stereocenters. The second kappa shape index (κ2) is 5.69. The van der Waals surface area contributed by atoms with Crippen LogP contribution in [-0.4, -0.2) is 28.2 Å². The molecule has 0 fully saturated rings. The Hall–Kier alpha value is -1.53. The molecule has 1 heterocycles. The van der Waals surface area contributed by atoms with E-state index in [4.69, 9.17) is 0 Å². The van der Waals surface area contributed by atoms with E-state index >= 15 is 0 Å². The Morgan fingerprint density at radius 2 is 2.05 bits per heavy atom. The fraction of sp³-hybridized carbons (Fsp3) is 0.467. The number of hydrogen-bond acceptors (Lipinski definition) is 3. The van der Waals surface area contributed by atoms with Crippen molar-refractivity contribution in [3.05, 3.63) is 23.3 Å². The smallest absolute Gasteiger partial charge is 0.255 e. The molecule has 1 aromatic carbocycles. The molecule has 1 aliphatic heterocycles. The van der Waals surface area contributed by atoms with E-state index in [1.165, 1.54) is 0 Å². The van der Waals surface area contributed by atoms with E-state index in [2.05, 4.69) is 21.2 Å². The molecular formula is C15H23N3O2S. The first-order chi connectivity index (χ1) is 9.74. The van der Waals surface area contributed by atoms with Gasteiger partial charge in [-0.1, -0.05) is 6.92 Å². The van der Waals surface area contributed by atoms with Crippen LogP contribution in [0.25, 0.3) is 0 Å². The highest BCUT2D eigenvalue weighted by atomic mass is 32.2. The van der Waals surface area contributed by atoms with Gasteiger partial charge in [-0.3, -0.25) is 4.79 Å². The van der Waals surface area contributed by atoms with Crippen LogP contribution in [0.15, 0.2) is 17.0 Å². The minimum Gasteiger partial charge on any atom is -0.365 e. The minimum absolute atomic E-state index is 0.0434. The van der Waals surface area contributed by atoms with Crippen molar-refractivity contribution in [1.29, 1.82) is 0 Å². The molecule has 116 valence electrons. The number of anilines is 1. The first-order valence-electron chi connectivity index (χ1n) is 7.11. The summed E-state index contributed by atoms with van der Waals surface area (Å²) in [5.74, 6) is 3.67. The van der Waals surface area contributed by atoms with Gasteiger partial charge in [-0.25, -0.2) is 8.93 Å². The first-order valence-corrected chi connectivity index (χ1v) is 8.84. The van der Waals surface area contributed by atoms with Crippen molar-refractivity contribution in [1.82, 2.24) is 10.0 Å². The maximum absolute atomic E-state index is 12.8. The fourth-order valence-corrected chi connectivity index (χ4v) is 4.23. The third kappa shape index (κ3) is 3.22. The largest absolute Gasteiger partial charge is 0.365 e. The predicted octanol–water partition coefficient (Wildman–Crippen LogP) is 1.87. The van der Waals surface area contributed by atoms with Gasteiger partial charge in [0.15, 0.2) is 0 Å². The van der Waals surface area contributed by atoms with Crippen LogP contribution in [-0.2, 0) is 9.71 Å². The normalized spacial score (nSPS) is 20.4. The van der Waals surface area contributed by atoms with E-state index in [0.717, 1.165) is 17.7 Å². The monoisotopic (exact) mass is 309 g/mol. The van der Waals surface area contributed by atoms with Gasteiger partial charge in [0.25, 0.3) is 5.91 Å². The number of hydrogen-bond donors (Lipinski definition) is 3. The topological polar surface area (TPSA) is 70.2 Å². The zero-order valence-electron chi connectivity index (χ0n) is 12.9. The molecule has 0 saturated carbocycles. The number of carbonyl (C=O) groups is 1. The first kappa shape index (κ1) is 15.9. The zero-order chi connectivity index (χ0) is 15.8. The van der Waals surface area contributed by atoms with Gasteiger partial charge in [0, 0.05) is 16.6 Å². The second-order valence-corrected chi connectivity index (χ2v) is 7.72. The van der Waals surface area contributed by atoms with Crippen LogP contribution < -0.4 is 15.4 Å². The fourth-order valence-electron chi connectivity index (χ4n) is 2.46. The molecule has 0 aliphatic carbocycles. The molecule has 1 aromatic rings. The van der Waals surface area contributed by atoms with Gasteiger partial charge in [-0.15, -0.1) is 0 Å². The van der Waals surface area contributed by atoms with Crippen LogP contribution in [0.1, 0.15) is 43.1 Å². The Balaban J connectivity index is 2.49. The zero-order valence-corrected chi connectivity index (χ0v) is 13.8. The molecule has 1 amide bonds. The number of amides is 1. The van der Waals surface area contributed by atoms with Gasteiger partial charge in [0.05, 0.1) is 21.4 Å². The highest BCUT2D eigenvalue weighted by Crippen LogP contribution is 2.27. The minimum atomic E-state index is -2.62. The molecular weight excluding hydrogens is 286 g/mol. The summed E-state index contributed by atoms with van der Waals surface area (Å²) in [5, 5.41) is 6.15. The summed E-state index contributed by atoms with van der Waals surface area (Å²) in [6.45, 7) is 7.72. The highest BCUT2D eigenvalue weighted by Gasteiger charge is 2.25. The Bertz CT molecular complexity index is 666. The summed E-state index contributed by atoms with van der Waals surface area (Å²) in [4.78, 5) is 12.8. The third-order valence-electron chi connectivity index (χ3n) is 3.38. The molecule has 6 heteroatoms. The summed E-state index contributed by atoms with van der Waals surface area (Å²) in [6, 6.07) is 3.60. The second-order valence-electron chi connectivity index (χ2n) is 5.69. The average molecular weight is 309 g/mol. The van der Waals surface area contributed by atoms with E-state index in [0.29, 0.717) is 10.5 Å². The van der Waals surface area contributed by atoms with Gasteiger partial charge in [0.1, 0.15) is 0 Å². The van der Waals surface area contributed by atoms with Gasteiger partial charge < -0.3 is 10.6 Å². The summed E-state index contributed by atoms with van der Waals surface area (Å²) in [5.41, 5.74) is 2.16. The molecule has 2 atom stereocenters. The van der Waals surface area contributed by atoms with Crippen molar-refractivity contribution < 1.29 is 9.00 Å². The van der Waals surface area contributed by atoms with Gasteiger partial charge in [0.2, 0.25) is 0 Å². The molecule has 1 aliphatic rings. The van der Waals surface area contributed by atoms with E-state index in [9.17, 15) is 9.00 Å². The standard InChI is InChI=1S/C15H23N3O2S/c1-6-14-16-12-7-10(4)13(8-11(12)15(19)17-14)21(5,20)18-9(2)3/h7-9,14,16H,5-6H2,1-4H3,(H,17,19)(H,18,20). The summed E-state index contributed by atoms with van der Waals surface area (Å²) >= 11 is 0. The van der Waals surface area contributed by atoms with Gasteiger partial charge in [-0.05, 0) is 50.8 Å². The van der Waals surface area contributed by atoms with Crippen LogP contribution >= 0.6 is 0 Å². The Morgan fingerprint density at radius 3 is 2.62 bits per heavy atom. The third-order valence-corrected chi connectivity index (χ3v) is 5.39. The lowest BCUT2D eigenvalue weighted by atomic mass is 10.1. The van der Waals surface area contributed by atoms with Crippen molar-refractivity contribution in [2.75, 3.05) is 5.32 Å². The Labute approximate surface area is 126 Å². The molecule has 0 bridgehead atoms. The molecule has 0 aromatic heterocycles. The quantitative estimate of drug-likeness (QED) is 0.744. The van der Waals surface area contributed by atoms with Crippen molar-refractivity contribution in [2.24, 2.45) is 0 Å². The predicted molar refractivity (Wildman–Crippen MR) is 88.1 cm³/mol. The molecule has 0 spiro atoms. The van der Waals surface area contributed by atoms with E-state index in [1.807, 2.05) is 33.8 Å². The number of nitrogens with one attached hydrogen (secondary N) is 3. The van der Waals surface area contributed by atoms with Gasteiger partial charge in [-0.2, -0.15) is 0 Å². The van der Waals surface area contributed by atoms with E-state index in [1.54, 1.807) is 6.07 Å². The summed E-state index contributed by atoms with van der Waals surface area (Å²) < 4.78 is 15.7. The molecule has 0 saturated heterocycles. The van der Waals surface area contributed by atoms with Crippen molar-refractivity contribution in [2.45, 2.75) is 51.2 Å². The number of carbonyl (C=O) groups excluding carboxylic acids is 1. The maximum atomic E-state index is 12.8. The Kier molecular flexibility index (Phi) is 4.30. The van der Waals surface area contributed by atoms with Crippen LogP contribution in [0.4, 0.5) is 5.69 Å². The number of aryl methyl sites for hydroxylation is 1. The highest BCUT2D eigenvalue weighted by molar-refractivity contribution is 7.98. The SMILES string of the molecule is C=S(=O)(NC(C)C)c1cc2c(cc1C)NC(CC)NC2=O. The van der Waals surface area contributed by atoms with Crippen molar-refractivity contribution in [3.8, 4) is 0 Å². The lowest BCUT2D eigenvalue weighted by Crippen LogP contribution is -2.44. The Morgan fingerprint density at radius 1 is 1.38 bits per heavy atom. The van der Waals surface area contributed by atoms with Gasteiger partial charge >= 0.3 is 0 Å². The van der Waals surface area contributed by atoms with Crippen molar-refractivity contribution in [3.63, 3.8) is 0 Å². The average Bonchev–Trinajstić information content (AvgIpc) is 2.35. The van der Waals surface area contributed by atoms with Crippen LogP contribution in [0.2, 0.25) is 0 Å². The van der Waals surface area contributed by atoms with E-state index < -0.39 is 9.71 Å². The van der Waals surface area contributed by atoms with E-state index in [-0.39, 0.29) is 18.1 Å². The van der Waals surface area contributed by atoms with Crippen molar-refractivity contribution >= 4 is 27.2 Å². The van der Waals surface area contributed by atoms with Crippen LogP contribution in [0, 0.1) is 6.92 Å². The molecule has 21 heavy (non-hydrogen) atoms. The van der Waals surface area contributed by atoms with Crippen LogP contribution in [0.3, 0.4) is 0 Å². The number of fused-ring (bicyclic) bond motifs is 1. The lowest BCUT2D eigenvalue weighted by molar-refractivity contribution is 0.0935. The summed E-state index contributed by atoms with van der Waals surface area (Å²) in [6.07, 6.45) is 0.737. The molecule has 2 rings (SSSR count). The maximum Gasteiger partial charge on any atom is 0.255 e. The molecule has 5 nitrogen and oxygen atoms in total. The molecule has 0 radical (unpaired) electrons. The summed E-state index contributed by atoms with van der Waals surface area (Å²) in [7, 11) is -2.62. The molecule has 3 N–H and O–H groups in total. The van der Waals surface area contributed by atoms with Crippen LogP contribution in [0.5, 0.6) is 0 Å². The number of benzene rings is 1. The lowest BCUT2D eigenvalue weighted by Gasteiger charge is -2.28. The number of rotatable bonds is 4.